The van der Waals surface area contributed by atoms with Crippen molar-refractivity contribution in [1.29, 1.82) is 5.26 Å². The number of hydrogen-bond donors (Lipinski definition) is 0. The molecule has 7 nitrogen and oxygen atoms in total. The minimum atomic E-state index is 0.502. The van der Waals surface area contributed by atoms with Crippen LogP contribution in [-0.4, -0.2) is 29.5 Å². The molecule has 0 aliphatic rings. The van der Waals surface area contributed by atoms with E-state index in [2.05, 4.69) is 53.1 Å². The molecule has 0 unspecified atom stereocenters. The summed E-state index contributed by atoms with van der Waals surface area (Å²) >= 11 is 0. The number of para-hydroxylation sites is 1. The zero-order valence-corrected chi connectivity index (χ0v) is 30.5. The maximum Gasteiger partial charge on any atom is 0.166 e. The van der Waals surface area contributed by atoms with Gasteiger partial charge in [-0.15, -0.1) is 0 Å². The lowest BCUT2D eigenvalue weighted by molar-refractivity contribution is 1.06. The van der Waals surface area contributed by atoms with Gasteiger partial charge in [0.25, 0.3) is 0 Å². The van der Waals surface area contributed by atoms with Crippen molar-refractivity contribution in [3.05, 3.63) is 194 Å². The molecule has 0 bridgehead atoms. The molecule has 0 fully saturated rings. The largest absolute Gasteiger partial charge is 0.308 e. The molecule has 7 heteroatoms. The van der Waals surface area contributed by atoms with Gasteiger partial charge < -0.3 is 4.57 Å². The Balaban J connectivity index is 1.28. The second-order valence-corrected chi connectivity index (χ2v) is 13.7. The molecule has 10 rings (SSSR count). The van der Waals surface area contributed by atoms with E-state index in [1.807, 2.05) is 146 Å². The van der Waals surface area contributed by atoms with E-state index >= 15 is 0 Å². The summed E-state index contributed by atoms with van der Waals surface area (Å²) < 4.78 is 2.21. The molecule has 0 aliphatic heterocycles. The fourth-order valence-electron chi connectivity index (χ4n) is 7.37. The average molecular weight is 730 g/mol. The van der Waals surface area contributed by atoms with Crippen LogP contribution in [0.5, 0.6) is 0 Å². The third-order valence-corrected chi connectivity index (χ3v) is 10.1. The monoisotopic (exact) mass is 729 g/mol. The lowest BCUT2D eigenvalue weighted by atomic mass is 10.0. The minimum Gasteiger partial charge on any atom is -0.308 e. The highest BCUT2D eigenvalue weighted by Crippen LogP contribution is 2.39. The first-order chi connectivity index (χ1) is 28.2. The first-order valence-electron chi connectivity index (χ1n) is 18.7. The van der Waals surface area contributed by atoms with E-state index in [4.69, 9.17) is 24.9 Å². The number of nitrogens with zero attached hydrogens (tertiary/aromatic N) is 7. The summed E-state index contributed by atoms with van der Waals surface area (Å²) in [7, 11) is 0. The summed E-state index contributed by atoms with van der Waals surface area (Å²) in [6, 6.07) is 65.1. The molecule has 0 saturated heterocycles. The topological polar surface area (TPSA) is 93.2 Å². The second kappa shape index (κ2) is 14.3. The van der Waals surface area contributed by atoms with Crippen molar-refractivity contribution >= 4 is 21.8 Å². The highest BCUT2D eigenvalue weighted by Gasteiger charge is 2.21. The van der Waals surface area contributed by atoms with Crippen LogP contribution in [0, 0.1) is 11.3 Å². The molecule has 0 amide bonds. The highest BCUT2D eigenvalue weighted by atomic mass is 15.1. The van der Waals surface area contributed by atoms with Gasteiger partial charge in [0.2, 0.25) is 0 Å². The Bertz CT molecular complexity index is 3000. The van der Waals surface area contributed by atoms with Crippen molar-refractivity contribution in [2.75, 3.05) is 0 Å². The molecule has 57 heavy (non-hydrogen) atoms. The maximum atomic E-state index is 10.0. The summed E-state index contributed by atoms with van der Waals surface area (Å²) in [5.74, 6) is 2.25. The van der Waals surface area contributed by atoms with Crippen LogP contribution in [0.4, 0.5) is 0 Å². The number of aromatic nitrogens is 6. The number of hydrogen-bond acceptors (Lipinski definition) is 6. The predicted octanol–water partition coefficient (Wildman–Crippen LogP) is 11.6. The second-order valence-electron chi connectivity index (χ2n) is 13.7. The van der Waals surface area contributed by atoms with Crippen LogP contribution in [0.1, 0.15) is 5.56 Å². The van der Waals surface area contributed by atoms with Crippen LogP contribution in [0.2, 0.25) is 0 Å². The molecule has 0 spiro atoms. The van der Waals surface area contributed by atoms with E-state index in [0.717, 1.165) is 72.3 Å². The zero-order chi connectivity index (χ0) is 38.1. The molecule has 10 aromatic rings. The van der Waals surface area contributed by atoms with Crippen molar-refractivity contribution in [2.24, 2.45) is 0 Å². The normalized spacial score (nSPS) is 11.1. The molecule has 7 aromatic carbocycles. The van der Waals surface area contributed by atoms with Crippen molar-refractivity contribution < 1.29 is 0 Å². The summed E-state index contributed by atoms with van der Waals surface area (Å²) in [4.78, 5) is 25.6. The van der Waals surface area contributed by atoms with E-state index in [9.17, 15) is 5.26 Å². The van der Waals surface area contributed by atoms with Gasteiger partial charge in [-0.25, -0.2) is 24.9 Å². The first kappa shape index (κ1) is 33.5. The van der Waals surface area contributed by atoms with Crippen molar-refractivity contribution in [2.45, 2.75) is 0 Å². The minimum absolute atomic E-state index is 0.502. The molecule has 0 atom stereocenters. The number of rotatable bonds is 7. The van der Waals surface area contributed by atoms with Crippen LogP contribution in [0.3, 0.4) is 0 Å². The van der Waals surface area contributed by atoms with Gasteiger partial charge in [0, 0.05) is 44.2 Å². The van der Waals surface area contributed by atoms with Gasteiger partial charge >= 0.3 is 0 Å². The lowest BCUT2D eigenvalue weighted by Crippen LogP contribution is -2.04. The standard InChI is InChI=1S/C50H31N7/c51-32-33-25-27-40-39-23-13-14-24-44(39)57(46(40)29-33)45-28-26-38(43-31-42(34-15-5-1-6-16-34)52-47(53-43)35-17-7-2-8-18-35)30-41(45)50-55-48(36-19-9-3-10-20-36)54-49(56-50)37-21-11-4-12-22-37/h1-31H. The molecular formula is C50H31N7. The Morgan fingerprint density at radius 2 is 0.860 bits per heavy atom. The molecule has 3 heterocycles. The maximum absolute atomic E-state index is 10.0. The number of benzene rings is 7. The molecule has 3 aromatic heterocycles. The molecule has 266 valence electrons. The van der Waals surface area contributed by atoms with Crippen molar-refractivity contribution in [3.8, 4) is 79.8 Å². The van der Waals surface area contributed by atoms with Crippen LogP contribution in [0.25, 0.3) is 95.6 Å². The highest BCUT2D eigenvalue weighted by molar-refractivity contribution is 6.10. The Morgan fingerprint density at radius 1 is 0.368 bits per heavy atom. The number of nitriles is 1. The van der Waals surface area contributed by atoms with Gasteiger partial charge in [-0.2, -0.15) is 5.26 Å². The quantitative estimate of drug-likeness (QED) is 0.162. The fourth-order valence-corrected chi connectivity index (χ4v) is 7.37. The van der Waals surface area contributed by atoms with Gasteiger partial charge in [-0.05, 0) is 36.4 Å². The Morgan fingerprint density at radius 3 is 1.46 bits per heavy atom. The predicted molar refractivity (Wildman–Crippen MR) is 227 cm³/mol. The van der Waals surface area contributed by atoms with E-state index in [1.165, 1.54) is 0 Å². The Labute approximate surface area is 328 Å². The molecule has 0 saturated carbocycles. The number of fused-ring (bicyclic) bond motifs is 3. The van der Waals surface area contributed by atoms with Crippen molar-refractivity contribution in [3.63, 3.8) is 0 Å². The Kier molecular flexibility index (Phi) is 8.40. The van der Waals surface area contributed by atoms with E-state index in [0.29, 0.717) is 28.9 Å². The summed E-state index contributed by atoms with van der Waals surface area (Å²) in [6.45, 7) is 0. The molecule has 0 aliphatic carbocycles. The zero-order valence-electron chi connectivity index (χ0n) is 30.5. The Hall–Kier alpha value is -8.08. The lowest BCUT2D eigenvalue weighted by Gasteiger charge is -2.17. The fraction of sp³-hybridized carbons (Fsp3) is 0. The van der Waals surface area contributed by atoms with Crippen molar-refractivity contribution in [1.82, 2.24) is 29.5 Å². The first-order valence-corrected chi connectivity index (χ1v) is 18.7. The van der Waals surface area contributed by atoms with Crippen LogP contribution in [0.15, 0.2) is 188 Å². The van der Waals surface area contributed by atoms with Gasteiger partial charge in [0.15, 0.2) is 23.3 Å². The van der Waals surface area contributed by atoms with E-state index in [1.54, 1.807) is 0 Å². The van der Waals surface area contributed by atoms with Crippen LogP contribution in [-0.2, 0) is 0 Å². The summed E-state index contributed by atoms with van der Waals surface area (Å²) in [5.41, 5.74) is 10.2. The smallest absolute Gasteiger partial charge is 0.166 e. The van der Waals surface area contributed by atoms with Gasteiger partial charge in [0.05, 0.1) is 39.7 Å². The van der Waals surface area contributed by atoms with Crippen LogP contribution < -0.4 is 0 Å². The average Bonchev–Trinajstić information content (AvgIpc) is 3.63. The van der Waals surface area contributed by atoms with Gasteiger partial charge in [-0.1, -0.05) is 152 Å². The summed E-state index contributed by atoms with van der Waals surface area (Å²) in [6.07, 6.45) is 0. The van der Waals surface area contributed by atoms with Crippen LogP contribution >= 0.6 is 0 Å². The third-order valence-electron chi connectivity index (χ3n) is 10.1. The molecule has 0 N–H and O–H groups in total. The van der Waals surface area contributed by atoms with E-state index in [-0.39, 0.29) is 0 Å². The molecule has 0 radical (unpaired) electrons. The SMILES string of the molecule is N#Cc1ccc2c3ccccc3n(-c3ccc(-c4cc(-c5ccccc5)nc(-c5ccccc5)n4)cc3-c3nc(-c4ccccc4)nc(-c4ccccc4)n3)c2c1. The third kappa shape index (κ3) is 6.27. The van der Waals surface area contributed by atoms with Gasteiger partial charge in [0.1, 0.15) is 0 Å². The van der Waals surface area contributed by atoms with Gasteiger partial charge in [-0.3, -0.25) is 0 Å². The summed E-state index contributed by atoms with van der Waals surface area (Å²) in [5, 5.41) is 12.1. The molecular weight excluding hydrogens is 699 g/mol. The van der Waals surface area contributed by atoms with E-state index < -0.39 is 0 Å².